The molecule has 0 aromatic carbocycles. The zero-order valence-electron chi connectivity index (χ0n) is 13.2. The van der Waals surface area contributed by atoms with Crippen molar-refractivity contribution >= 4 is 17.3 Å². The predicted molar refractivity (Wildman–Crippen MR) is 89.7 cm³/mol. The lowest BCUT2D eigenvalue weighted by atomic mass is 9.92. The number of hydrogen-bond donors (Lipinski definition) is 1. The van der Waals surface area contributed by atoms with Crippen LogP contribution in [0.15, 0.2) is 11.0 Å². The zero-order valence-corrected chi connectivity index (χ0v) is 14.0. The van der Waals surface area contributed by atoms with Gasteiger partial charge in [-0.1, -0.05) is 30.9 Å². The van der Waals surface area contributed by atoms with Crippen LogP contribution in [0.1, 0.15) is 44.9 Å². The first-order chi connectivity index (χ1) is 10.7. The van der Waals surface area contributed by atoms with Gasteiger partial charge in [-0.3, -0.25) is 4.79 Å². The molecule has 22 heavy (non-hydrogen) atoms. The van der Waals surface area contributed by atoms with Crippen LogP contribution in [0.3, 0.4) is 0 Å². The summed E-state index contributed by atoms with van der Waals surface area (Å²) < 4.78 is 0. The Balaban J connectivity index is 1.60. The second kappa shape index (κ2) is 7.01. The van der Waals surface area contributed by atoms with E-state index in [9.17, 15) is 4.79 Å². The standard InChI is InChI=1S/C16H25ClN4O/c1-20(12-5-3-2-4-6-12)13-7-9-21(10-8-13)14-11-18-19-16(22)15(14)17/h11-13H,2-10H2,1H3,(H,19,22). The summed E-state index contributed by atoms with van der Waals surface area (Å²) in [5, 5.41) is 6.51. The summed E-state index contributed by atoms with van der Waals surface area (Å²) in [5.41, 5.74) is 0.463. The summed E-state index contributed by atoms with van der Waals surface area (Å²) in [5.74, 6) is 0. The molecule has 1 saturated heterocycles. The molecule has 1 aliphatic heterocycles. The van der Waals surface area contributed by atoms with Crippen molar-refractivity contribution in [3.8, 4) is 0 Å². The molecular formula is C16H25ClN4O. The molecule has 0 atom stereocenters. The van der Waals surface area contributed by atoms with Crippen molar-refractivity contribution in [2.24, 2.45) is 0 Å². The summed E-state index contributed by atoms with van der Waals surface area (Å²) in [7, 11) is 2.29. The lowest BCUT2D eigenvalue weighted by Crippen LogP contribution is -2.48. The van der Waals surface area contributed by atoms with E-state index in [0.717, 1.165) is 37.7 Å². The van der Waals surface area contributed by atoms with Gasteiger partial charge in [-0.05, 0) is 32.7 Å². The van der Waals surface area contributed by atoms with E-state index in [1.165, 1.54) is 32.1 Å². The molecule has 2 fully saturated rings. The van der Waals surface area contributed by atoms with Gasteiger partial charge < -0.3 is 9.80 Å². The molecule has 2 aliphatic rings. The Morgan fingerprint density at radius 1 is 1.18 bits per heavy atom. The average Bonchev–Trinajstić information content (AvgIpc) is 2.58. The van der Waals surface area contributed by atoms with Crippen LogP contribution in [0.4, 0.5) is 5.69 Å². The van der Waals surface area contributed by atoms with Crippen molar-refractivity contribution in [1.29, 1.82) is 0 Å². The fourth-order valence-corrected chi connectivity index (χ4v) is 4.11. The third-order valence-electron chi connectivity index (χ3n) is 5.31. The highest BCUT2D eigenvalue weighted by molar-refractivity contribution is 6.32. The number of aromatic amines is 1. The number of nitrogens with zero attached hydrogens (tertiary/aromatic N) is 3. The average molecular weight is 325 g/mol. The van der Waals surface area contributed by atoms with Crippen LogP contribution >= 0.6 is 11.6 Å². The number of H-pyrrole nitrogens is 1. The smallest absolute Gasteiger partial charge is 0.285 e. The minimum Gasteiger partial charge on any atom is -0.369 e. The van der Waals surface area contributed by atoms with Crippen LogP contribution in [0.5, 0.6) is 0 Å². The molecule has 122 valence electrons. The van der Waals surface area contributed by atoms with Gasteiger partial charge in [0.15, 0.2) is 0 Å². The van der Waals surface area contributed by atoms with E-state index >= 15 is 0 Å². The first kappa shape index (κ1) is 15.8. The number of aromatic nitrogens is 2. The molecule has 1 aromatic rings. The van der Waals surface area contributed by atoms with Crippen LogP contribution in [0, 0.1) is 0 Å². The summed E-state index contributed by atoms with van der Waals surface area (Å²) in [6.45, 7) is 1.87. The van der Waals surface area contributed by atoms with E-state index in [0.29, 0.717) is 6.04 Å². The number of nitrogens with one attached hydrogen (secondary N) is 1. The lowest BCUT2D eigenvalue weighted by molar-refractivity contribution is 0.119. The molecule has 0 unspecified atom stereocenters. The number of anilines is 1. The first-order valence-electron chi connectivity index (χ1n) is 8.37. The molecule has 0 bridgehead atoms. The van der Waals surface area contributed by atoms with E-state index < -0.39 is 0 Å². The second-order valence-corrected chi connectivity index (χ2v) is 6.95. The largest absolute Gasteiger partial charge is 0.369 e. The highest BCUT2D eigenvalue weighted by Crippen LogP contribution is 2.29. The van der Waals surface area contributed by atoms with Gasteiger partial charge in [0.25, 0.3) is 5.56 Å². The van der Waals surface area contributed by atoms with Gasteiger partial charge in [0.2, 0.25) is 0 Å². The number of halogens is 1. The summed E-state index contributed by atoms with van der Waals surface area (Å²) in [6, 6.07) is 1.41. The molecule has 0 amide bonds. The Morgan fingerprint density at radius 2 is 1.82 bits per heavy atom. The molecule has 3 rings (SSSR count). The maximum atomic E-state index is 11.6. The molecular weight excluding hydrogens is 300 g/mol. The van der Waals surface area contributed by atoms with Crippen molar-refractivity contribution in [2.45, 2.75) is 57.0 Å². The molecule has 2 heterocycles. The number of rotatable bonds is 3. The van der Waals surface area contributed by atoms with Gasteiger partial charge >= 0.3 is 0 Å². The van der Waals surface area contributed by atoms with E-state index in [4.69, 9.17) is 11.6 Å². The Labute approximate surface area is 136 Å². The molecule has 1 saturated carbocycles. The minimum absolute atomic E-state index is 0.258. The lowest BCUT2D eigenvalue weighted by Gasteiger charge is -2.42. The van der Waals surface area contributed by atoms with Gasteiger partial charge in [0.1, 0.15) is 5.02 Å². The van der Waals surface area contributed by atoms with Crippen molar-refractivity contribution in [1.82, 2.24) is 15.1 Å². The van der Waals surface area contributed by atoms with Crippen molar-refractivity contribution in [2.75, 3.05) is 25.0 Å². The quantitative estimate of drug-likeness (QED) is 0.928. The third kappa shape index (κ3) is 3.30. The molecule has 0 radical (unpaired) electrons. The third-order valence-corrected chi connectivity index (χ3v) is 5.67. The highest BCUT2D eigenvalue weighted by Gasteiger charge is 2.28. The summed E-state index contributed by atoms with van der Waals surface area (Å²) in [4.78, 5) is 16.4. The van der Waals surface area contributed by atoms with Gasteiger partial charge in [-0.2, -0.15) is 5.10 Å². The maximum Gasteiger partial charge on any atom is 0.285 e. The van der Waals surface area contributed by atoms with E-state index in [-0.39, 0.29) is 10.6 Å². The van der Waals surface area contributed by atoms with Crippen molar-refractivity contribution < 1.29 is 0 Å². The fraction of sp³-hybridized carbons (Fsp3) is 0.750. The molecule has 1 aliphatic carbocycles. The fourth-order valence-electron chi connectivity index (χ4n) is 3.90. The van der Waals surface area contributed by atoms with Gasteiger partial charge in [0, 0.05) is 25.2 Å². The SMILES string of the molecule is CN(C1CCCCC1)C1CCN(c2cn[nH]c(=O)c2Cl)CC1. The monoisotopic (exact) mass is 324 g/mol. The van der Waals surface area contributed by atoms with Crippen molar-refractivity contribution in [3.63, 3.8) is 0 Å². The predicted octanol–water partition coefficient (Wildman–Crippen LogP) is 2.66. The Hall–Kier alpha value is -1.07. The second-order valence-electron chi connectivity index (χ2n) is 6.57. The molecule has 0 spiro atoms. The van der Waals surface area contributed by atoms with E-state index in [2.05, 4.69) is 27.0 Å². The normalized spacial score (nSPS) is 21.5. The van der Waals surface area contributed by atoms with Crippen LogP contribution < -0.4 is 10.5 Å². The molecule has 1 aromatic heterocycles. The van der Waals surface area contributed by atoms with E-state index in [1.807, 2.05) is 0 Å². The van der Waals surface area contributed by atoms with E-state index in [1.54, 1.807) is 6.20 Å². The Bertz CT molecular complexity index is 547. The zero-order chi connectivity index (χ0) is 15.5. The Morgan fingerprint density at radius 3 is 2.50 bits per heavy atom. The van der Waals surface area contributed by atoms with Crippen LogP contribution in [0.2, 0.25) is 5.02 Å². The summed E-state index contributed by atoms with van der Waals surface area (Å²) >= 11 is 6.11. The maximum absolute atomic E-state index is 11.6. The van der Waals surface area contributed by atoms with Gasteiger partial charge in [-0.25, -0.2) is 5.10 Å². The van der Waals surface area contributed by atoms with Crippen LogP contribution in [-0.2, 0) is 0 Å². The minimum atomic E-state index is -0.305. The van der Waals surface area contributed by atoms with Crippen molar-refractivity contribution in [3.05, 3.63) is 21.6 Å². The first-order valence-corrected chi connectivity index (χ1v) is 8.74. The van der Waals surface area contributed by atoms with Crippen LogP contribution in [-0.4, -0.2) is 47.3 Å². The van der Waals surface area contributed by atoms with Crippen LogP contribution in [0.25, 0.3) is 0 Å². The molecule has 1 N–H and O–H groups in total. The topological polar surface area (TPSA) is 52.2 Å². The Kier molecular flexibility index (Phi) is 5.03. The number of piperidine rings is 1. The molecule has 5 nitrogen and oxygen atoms in total. The van der Waals surface area contributed by atoms with Gasteiger partial charge in [0.05, 0.1) is 11.9 Å². The number of hydrogen-bond acceptors (Lipinski definition) is 4. The summed E-state index contributed by atoms with van der Waals surface area (Å²) in [6.07, 6.45) is 10.8. The van der Waals surface area contributed by atoms with Gasteiger partial charge in [-0.15, -0.1) is 0 Å². The molecule has 6 heteroatoms. The highest BCUT2D eigenvalue weighted by atomic mass is 35.5.